The molecule has 0 aliphatic carbocycles. The molecule has 1 aliphatic heterocycles. The second kappa shape index (κ2) is 9.66. The lowest BCUT2D eigenvalue weighted by atomic mass is 10.2. The topological polar surface area (TPSA) is 77.0 Å². The first-order chi connectivity index (χ1) is 11.6. The lowest BCUT2D eigenvalue weighted by Gasteiger charge is -2.09. The van der Waals surface area contributed by atoms with Crippen LogP contribution in [0.4, 0.5) is 0 Å². The fourth-order valence-corrected chi connectivity index (χ4v) is 3.64. The van der Waals surface area contributed by atoms with Gasteiger partial charge in [-0.05, 0) is 42.4 Å². The Bertz CT molecular complexity index is 596. The van der Waals surface area contributed by atoms with Crippen molar-refractivity contribution in [3.63, 3.8) is 0 Å². The highest BCUT2D eigenvalue weighted by Crippen LogP contribution is 2.35. The summed E-state index contributed by atoms with van der Waals surface area (Å²) >= 11 is 5.09. The molecular formula is C16H22ClNO5S. The van der Waals surface area contributed by atoms with E-state index in [1.54, 1.807) is 19.2 Å². The monoisotopic (exact) mass is 375 g/mol. The number of methoxy groups -OCH3 is 1. The average Bonchev–Trinajstić information content (AvgIpc) is 2.99. The van der Waals surface area contributed by atoms with E-state index in [-0.39, 0.29) is 6.42 Å². The van der Waals surface area contributed by atoms with Gasteiger partial charge in [-0.2, -0.15) is 0 Å². The number of carboxylic acids is 1. The molecular weight excluding hydrogens is 354 g/mol. The molecule has 0 amide bonds. The summed E-state index contributed by atoms with van der Waals surface area (Å²) < 4.78 is 13.8. The van der Waals surface area contributed by atoms with Crippen LogP contribution in [0.5, 0.6) is 5.75 Å². The molecule has 1 fully saturated rings. The van der Waals surface area contributed by atoms with Crippen molar-refractivity contribution in [3.05, 3.63) is 34.7 Å². The summed E-state index contributed by atoms with van der Waals surface area (Å²) in [6.07, 6.45) is 5.65. The molecule has 0 radical (unpaired) electrons. The predicted molar refractivity (Wildman–Crippen MR) is 95.9 cm³/mol. The minimum atomic E-state index is -0.858. The molecule has 6 nitrogen and oxygen atoms in total. The SMILES string of the molecule is COc1cc(Cl)ccc1/C=C1/N[SH](CCCCCCC(=O)O)OO1. The minimum Gasteiger partial charge on any atom is -0.496 e. The standard InChI is InChI=1S/C16H22ClNO5S/c1-21-14-11-13(17)8-7-12(14)10-15-18-24(23-22-15)9-5-3-2-4-6-16(19)20/h7-8,10-11,18,24H,2-6,9H2,1H3,(H,19,20)/b15-10-. The fraction of sp³-hybridized carbons (Fsp3) is 0.438. The largest absolute Gasteiger partial charge is 0.496 e. The van der Waals surface area contributed by atoms with Gasteiger partial charge in [-0.1, -0.05) is 24.4 Å². The third kappa shape index (κ3) is 6.14. The van der Waals surface area contributed by atoms with Gasteiger partial charge in [0.1, 0.15) is 5.75 Å². The highest BCUT2D eigenvalue weighted by molar-refractivity contribution is 8.11. The van der Waals surface area contributed by atoms with Crippen molar-refractivity contribution in [2.75, 3.05) is 12.9 Å². The Kier molecular flexibility index (Phi) is 7.55. The van der Waals surface area contributed by atoms with Crippen LogP contribution >= 0.6 is 23.0 Å². The zero-order chi connectivity index (χ0) is 17.4. The van der Waals surface area contributed by atoms with Gasteiger partial charge in [0.2, 0.25) is 5.88 Å². The maximum atomic E-state index is 10.4. The Morgan fingerprint density at radius 2 is 2.17 bits per heavy atom. The molecule has 0 bridgehead atoms. The normalized spacial score (nSPS) is 19.8. The summed E-state index contributed by atoms with van der Waals surface area (Å²) in [5, 5.41) is 9.19. The van der Waals surface area contributed by atoms with E-state index in [0.29, 0.717) is 16.7 Å². The predicted octanol–water partition coefficient (Wildman–Crippen LogP) is 4.06. The van der Waals surface area contributed by atoms with Crippen LogP contribution in [0.2, 0.25) is 5.02 Å². The van der Waals surface area contributed by atoms with Crippen molar-refractivity contribution < 1.29 is 23.9 Å². The Labute approximate surface area is 149 Å². The third-order valence-electron chi connectivity index (χ3n) is 3.44. The Morgan fingerprint density at radius 3 is 2.92 bits per heavy atom. The van der Waals surface area contributed by atoms with Crippen LogP contribution in [-0.2, 0) is 14.0 Å². The Balaban J connectivity index is 1.75. The molecule has 1 unspecified atom stereocenters. The van der Waals surface area contributed by atoms with Gasteiger partial charge in [-0.3, -0.25) is 9.52 Å². The lowest BCUT2D eigenvalue weighted by molar-refractivity contribution is -0.137. The Morgan fingerprint density at radius 1 is 1.38 bits per heavy atom. The summed E-state index contributed by atoms with van der Waals surface area (Å²) in [4.78, 5) is 15.6. The molecule has 24 heavy (non-hydrogen) atoms. The molecule has 1 heterocycles. The van der Waals surface area contributed by atoms with E-state index in [0.717, 1.165) is 37.0 Å². The van der Waals surface area contributed by atoms with Gasteiger partial charge in [-0.25, -0.2) is 0 Å². The van der Waals surface area contributed by atoms with Gasteiger partial charge in [0.25, 0.3) is 0 Å². The first-order valence-corrected chi connectivity index (χ1v) is 9.56. The van der Waals surface area contributed by atoms with Crippen LogP contribution in [0.1, 0.15) is 37.7 Å². The first-order valence-electron chi connectivity index (χ1n) is 7.74. The number of aliphatic carboxylic acids is 1. The number of nitrogens with one attached hydrogen (secondary N) is 1. The molecule has 0 saturated carbocycles. The molecule has 8 heteroatoms. The number of thiol groups is 1. The second-order valence-electron chi connectivity index (χ2n) is 5.32. The van der Waals surface area contributed by atoms with E-state index in [4.69, 9.17) is 30.7 Å². The van der Waals surface area contributed by atoms with Gasteiger partial charge in [0.05, 0.1) is 7.11 Å². The number of hydrogen-bond donors (Lipinski definition) is 3. The van der Waals surface area contributed by atoms with Crippen molar-refractivity contribution in [3.8, 4) is 5.75 Å². The average molecular weight is 376 g/mol. The molecule has 1 aromatic rings. The zero-order valence-electron chi connectivity index (χ0n) is 13.5. The molecule has 1 atom stereocenters. The number of ether oxygens (including phenoxy) is 1. The van der Waals surface area contributed by atoms with Crippen LogP contribution < -0.4 is 9.46 Å². The van der Waals surface area contributed by atoms with Crippen molar-refractivity contribution in [1.82, 2.24) is 4.72 Å². The molecule has 1 aliphatic rings. The molecule has 2 rings (SSSR count). The van der Waals surface area contributed by atoms with Crippen molar-refractivity contribution in [2.24, 2.45) is 0 Å². The molecule has 1 saturated heterocycles. The van der Waals surface area contributed by atoms with Gasteiger partial charge in [0.15, 0.2) is 0 Å². The highest BCUT2D eigenvalue weighted by Gasteiger charge is 2.18. The number of unbranched alkanes of at least 4 members (excludes halogenated alkanes) is 3. The first kappa shape index (κ1) is 18.8. The molecule has 1 aromatic carbocycles. The van der Waals surface area contributed by atoms with Crippen molar-refractivity contribution in [1.29, 1.82) is 0 Å². The van der Waals surface area contributed by atoms with Crippen molar-refractivity contribution in [2.45, 2.75) is 32.1 Å². The second-order valence-corrected chi connectivity index (χ2v) is 7.34. The summed E-state index contributed by atoms with van der Waals surface area (Å²) in [5.74, 6) is 1.33. The van der Waals surface area contributed by atoms with Crippen LogP contribution in [0.15, 0.2) is 24.1 Å². The maximum absolute atomic E-state index is 10.4. The number of carboxylic acid groups (broad SMARTS) is 1. The van der Waals surface area contributed by atoms with E-state index in [1.165, 1.54) is 0 Å². The van der Waals surface area contributed by atoms with Gasteiger partial charge in [-0.15, -0.1) is 4.33 Å². The Hall–Kier alpha value is -1.57. The van der Waals surface area contributed by atoms with Crippen LogP contribution in [-0.4, -0.2) is 23.9 Å². The quantitative estimate of drug-likeness (QED) is 0.343. The fourth-order valence-electron chi connectivity index (χ4n) is 2.23. The van der Waals surface area contributed by atoms with Crippen molar-refractivity contribution >= 4 is 35.0 Å². The molecule has 2 N–H and O–H groups in total. The highest BCUT2D eigenvalue weighted by atomic mass is 35.5. The van der Waals surface area contributed by atoms with Crippen LogP contribution in [0.3, 0.4) is 0 Å². The van der Waals surface area contributed by atoms with Gasteiger partial charge >= 0.3 is 5.97 Å². The summed E-state index contributed by atoms with van der Waals surface area (Å²) in [7, 11) is 1.59. The lowest BCUT2D eigenvalue weighted by Crippen LogP contribution is -2.04. The summed E-state index contributed by atoms with van der Waals surface area (Å²) in [6, 6.07) is 5.37. The molecule has 134 valence electrons. The van der Waals surface area contributed by atoms with E-state index in [9.17, 15) is 4.79 Å². The van der Waals surface area contributed by atoms with E-state index >= 15 is 0 Å². The number of benzene rings is 1. The van der Waals surface area contributed by atoms with Gasteiger partial charge in [0, 0.05) is 28.8 Å². The summed E-state index contributed by atoms with van der Waals surface area (Å²) in [5.41, 5.74) is 0.846. The van der Waals surface area contributed by atoms with E-state index < -0.39 is 17.3 Å². The number of rotatable bonds is 9. The smallest absolute Gasteiger partial charge is 0.303 e. The third-order valence-corrected chi connectivity index (χ3v) is 5.12. The number of halogens is 1. The van der Waals surface area contributed by atoms with Crippen LogP contribution in [0.25, 0.3) is 6.08 Å². The molecule has 0 spiro atoms. The summed E-state index contributed by atoms with van der Waals surface area (Å²) in [6.45, 7) is 0. The van der Waals surface area contributed by atoms with E-state index in [2.05, 4.69) is 4.72 Å². The van der Waals surface area contributed by atoms with Crippen LogP contribution in [0, 0.1) is 0 Å². The zero-order valence-corrected chi connectivity index (χ0v) is 15.1. The van der Waals surface area contributed by atoms with E-state index in [1.807, 2.05) is 12.1 Å². The maximum Gasteiger partial charge on any atom is 0.303 e. The minimum absolute atomic E-state index is 0.239. The van der Waals surface area contributed by atoms with Gasteiger partial charge < -0.3 is 14.7 Å². The number of hydrogen-bond acceptors (Lipinski definition) is 5. The molecule has 0 aromatic heterocycles. The number of carbonyl (C=O) groups is 1.